The number of hydrogen-bond donors (Lipinski definition) is 1. The summed E-state index contributed by atoms with van der Waals surface area (Å²) in [6.45, 7) is 0. The van der Waals surface area contributed by atoms with Crippen LogP contribution in [0, 0.1) is 0 Å². The van der Waals surface area contributed by atoms with E-state index in [4.69, 9.17) is 0 Å². The van der Waals surface area contributed by atoms with Gasteiger partial charge in [-0.1, -0.05) is 18.2 Å². The minimum absolute atomic E-state index is 0.184. The molecule has 1 aliphatic carbocycles. The molecule has 5 heteroatoms. The number of aromatic nitrogens is 1. The molecular formula is C13H8N2O2S. The number of Topliss-reactive ketones (excluding diaryl/α,β-unsaturated/α-hetero) is 1. The number of hydrogen-bond acceptors (Lipinski definition) is 5. The maximum Gasteiger partial charge on any atom is 0.221 e. The van der Waals surface area contributed by atoms with E-state index in [0.29, 0.717) is 10.6 Å². The lowest BCUT2D eigenvalue weighted by Gasteiger charge is -2.12. The molecule has 0 saturated carbocycles. The van der Waals surface area contributed by atoms with Crippen LogP contribution in [0.1, 0.15) is 20.2 Å². The van der Waals surface area contributed by atoms with E-state index in [1.165, 1.54) is 22.9 Å². The number of carbonyl (C=O) groups excluding carboxylic acids is 2. The van der Waals surface area contributed by atoms with Crippen LogP contribution in [0.4, 0.5) is 5.69 Å². The third-order valence-corrected chi connectivity index (χ3v) is 3.41. The molecule has 0 bridgehead atoms. The van der Waals surface area contributed by atoms with Gasteiger partial charge in [0.2, 0.25) is 11.6 Å². The summed E-state index contributed by atoms with van der Waals surface area (Å²) in [4.78, 5) is 28.2. The van der Waals surface area contributed by atoms with Gasteiger partial charge in [-0.15, -0.1) is 11.3 Å². The van der Waals surface area contributed by atoms with E-state index in [9.17, 15) is 9.59 Å². The van der Waals surface area contributed by atoms with E-state index in [-0.39, 0.29) is 17.3 Å². The molecule has 1 aromatic heterocycles. The summed E-state index contributed by atoms with van der Waals surface area (Å²) < 4.78 is 0. The van der Waals surface area contributed by atoms with Gasteiger partial charge < -0.3 is 5.32 Å². The molecule has 1 heterocycles. The van der Waals surface area contributed by atoms with Crippen molar-refractivity contribution in [1.29, 1.82) is 0 Å². The normalized spacial score (nSPS) is 14.1. The maximum atomic E-state index is 12.1. The summed E-state index contributed by atoms with van der Waals surface area (Å²) in [7, 11) is 0. The Hall–Kier alpha value is -2.27. The standard InChI is InChI=1S/C13H8N2O2S/c16-10-6-9(15-8-4-2-1-3-5-8)12(17)13-11(10)14-7-18-13/h1-7,15H. The van der Waals surface area contributed by atoms with E-state index >= 15 is 0 Å². The van der Waals surface area contributed by atoms with Crippen molar-refractivity contribution in [3.8, 4) is 0 Å². The molecule has 3 rings (SSSR count). The van der Waals surface area contributed by atoms with Crippen molar-refractivity contribution in [2.24, 2.45) is 0 Å². The molecule has 0 spiro atoms. The summed E-state index contributed by atoms with van der Waals surface area (Å²) >= 11 is 1.19. The molecule has 0 unspecified atom stereocenters. The molecule has 1 N–H and O–H groups in total. The Balaban J connectivity index is 1.95. The lowest BCUT2D eigenvalue weighted by atomic mass is 10.0. The zero-order valence-corrected chi connectivity index (χ0v) is 10.0. The summed E-state index contributed by atoms with van der Waals surface area (Å²) in [5.74, 6) is -0.416. The zero-order chi connectivity index (χ0) is 12.5. The molecule has 18 heavy (non-hydrogen) atoms. The maximum absolute atomic E-state index is 12.1. The summed E-state index contributed by atoms with van der Waals surface area (Å²) in [5.41, 5.74) is 2.84. The van der Waals surface area contributed by atoms with Gasteiger partial charge in [-0.25, -0.2) is 4.98 Å². The number of nitrogens with zero attached hydrogens (tertiary/aromatic N) is 1. The van der Waals surface area contributed by atoms with Crippen LogP contribution in [0.3, 0.4) is 0 Å². The highest BCUT2D eigenvalue weighted by Crippen LogP contribution is 2.24. The first-order valence-corrected chi connectivity index (χ1v) is 6.20. The molecular weight excluding hydrogens is 248 g/mol. The fourth-order valence-corrected chi connectivity index (χ4v) is 2.49. The summed E-state index contributed by atoms with van der Waals surface area (Å²) in [6, 6.07) is 9.27. The van der Waals surface area contributed by atoms with Crippen molar-refractivity contribution < 1.29 is 9.59 Å². The van der Waals surface area contributed by atoms with Gasteiger partial charge in [0, 0.05) is 11.8 Å². The SMILES string of the molecule is O=C1C=C(Nc2ccccc2)C(=O)c2scnc21. The smallest absolute Gasteiger partial charge is 0.221 e. The largest absolute Gasteiger partial charge is 0.352 e. The lowest BCUT2D eigenvalue weighted by Crippen LogP contribution is -2.20. The van der Waals surface area contributed by atoms with Crippen LogP contribution in [-0.4, -0.2) is 16.6 Å². The van der Waals surface area contributed by atoms with Crippen LogP contribution in [-0.2, 0) is 0 Å². The predicted octanol–water partition coefficient (Wildman–Crippen LogP) is 2.52. The van der Waals surface area contributed by atoms with Crippen LogP contribution in [0.2, 0.25) is 0 Å². The van der Waals surface area contributed by atoms with Crippen molar-refractivity contribution in [1.82, 2.24) is 4.98 Å². The average molecular weight is 256 g/mol. The fourth-order valence-electron chi connectivity index (χ4n) is 1.74. The van der Waals surface area contributed by atoms with Gasteiger partial charge in [0.15, 0.2) is 0 Å². The number of anilines is 1. The minimum atomic E-state index is -0.232. The third-order valence-electron chi connectivity index (χ3n) is 2.58. The highest BCUT2D eigenvalue weighted by molar-refractivity contribution is 7.12. The quantitative estimate of drug-likeness (QED) is 0.897. The Kier molecular flexibility index (Phi) is 2.53. The molecule has 1 aliphatic rings. The van der Waals surface area contributed by atoms with Crippen LogP contribution < -0.4 is 5.32 Å². The van der Waals surface area contributed by atoms with Crippen molar-refractivity contribution in [2.75, 3.05) is 5.32 Å². The van der Waals surface area contributed by atoms with Gasteiger partial charge in [0.25, 0.3) is 0 Å². The average Bonchev–Trinajstić information content (AvgIpc) is 2.87. The van der Waals surface area contributed by atoms with Gasteiger partial charge in [-0.2, -0.15) is 0 Å². The zero-order valence-electron chi connectivity index (χ0n) is 9.21. The highest BCUT2D eigenvalue weighted by atomic mass is 32.1. The number of rotatable bonds is 2. The number of thiazole rings is 1. The molecule has 0 atom stereocenters. The summed E-state index contributed by atoms with van der Waals surface area (Å²) in [5, 5.41) is 2.96. The van der Waals surface area contributed by atoms with E-state index in [2.05, 4.69) is 10.3 Å². The number of ketones is 2. The van der Waals surface area contributed by atoms with Crippen LogP contribution in [0.25, 0.3) is 0 Å². The van der Waals surface area contributed by atoms with Crippen LogP contribution in [0.15, 0.2) is 47.6 Å². The first-order chi connectivity index (χ1) is 8.75. The number of carbonyl (C=O) groups is 2. The van der Waals surface area contributed by atoms with E-state index in [0.717, 1.165) is 5.69 Å². The van der Waals surface area contributed by atoms with Gasteiger partial charge in [-0.05, 0) is 12.1 Å². The Morgan fingerprint density at radius 2 is 1.89 bits per heavy atom. The Bertz CT molecular complexity index is 659. The van der Waals surface area contributed by atoms with E-state index in [1.807, 2.05) is 30.3 Å². The number of fused-ring (bicyclic) bond motifs is 1. The number of para-hydroxylation sites is 1. The fraction of sp³-hybridized carbons (Fsp3) is 0. The Morgan fingerprint density at radius 1 is 1.11 bits per heavy atom. The van der Waals surface area contributed by atoms with Crippen molar-refractivity contribution in [3.05, 3.63) is 58.2 Å². The van der Waals surface area contributed by atoms with E-state index < -0.39 is 0 Å². The summed E-state index contributed by atoms with van der Waals surface area (Å²) in [6.07, 6.45) is 1.30. The number of allylic oxidation sites excluding steroid dienone is 2. The van der Waals surface area contributed by atoms with Gasteiger partial charge in [-0.3, -0.25) is 9.59 Å². The molecule has 4 nitrogen and oxygen atoms in total. The van der Waals surface area contributed by atoms with Crippen molar-refractivity contribution in [3.63, 3.8) is 0 Å². The van der Waals surface area contributed by atoms with Crippen molar-refractivity contribution >= 4 is 28.6 Å². The molecule has 0 aliphatic heterocycles. The third kappa shape index (κ3) is 1.74. The van der Waals surface area contributed by atoms with Gasteiger partial charge in [0.05, 0.1) is 11.2 Å². The molecule has 0 amide bonds. The second-order valence-corrected chi connectivity index (χ2v) is 4.63. The van der Waals surface area contributed by atoms with Crippen molar-refractivity contribution in [2.45, 2.75) is 0 Å². The second-order valence-electron chi connectivity index (χ2n) is 3.77. The minimum Gasteiger partial charge on any atom is -0.352 e. The van der Waals surface area contributed by atoms with Crippen LogP contribution >= 0.6 is 11.3 Å². The van der Waals surface area contributed by atoms with Gasteiger partial charge in [0.1, 0.15) is 10.6 Å². The molecule has 88 valence electrons. The Labute approximate surface area is 107 Å². The van der Waals surface area contributed by atoms with Gasteiger partial charge >= 0.3 is 0 Å². The first kappa shape index (κ1) is 10.9. The Morgan fingerprint density at radius 3 is 2.67 bits per heavy atom. The monoisotopic (exact) mass is 256 g/mol. The number of nitrogens with one attached hydrogen (secondary N) is 1. The first-order valence-electron chi connectivity index (χ1n) is 5.32. The second kappa shape index (κ2) is 4.19. The molecule has 0 radical (unpaired) electrons. The molecule has 1 aromatic carbocycles. The highest BCUT2D eigenvalue weighted by Gasteiger charge is 2.28. The number of benzene rings is 1. The van der Waals surface area contributed by atoms with E-state index in [1.54, 1.807) is 0 Å². The predicted molar refractivity (Wildman–Crippen MR) is 68.9 cm³/mol. The van der Waals surface area contributed by atoms with Crippen LogP contribution in [0.5, 0.6) is 0 Å². The topological polar surface area (TPSA) is 59.1 Å². The molecule has 0 saturated heterocycles. The lowest BCUT2D eigenvalue weighted by molar-refractivity contribution is 0.0986. The molecule has 0 fully saturated rings. The molecule has 2 aromatic rings.